The van der Waals surface area contributed by atoms with E-state index < -0.39 is 5.97 Å². The van der Waals surface area contributed by atoms with Gasteiger partial charge in [0.25, 0.3) is 0 Å². The van der Waals surface area contributed by atoms with Crippen LogP contribution in [0.5, 0.6) is 0 Å². The third kappa shape index (κ3) is 1.60. The van der Waals surface area contributed by atoms with E-state index >= 15 is 0 Å². The summed E-state index contributed by atoms with van der Waals surface area (Å²) in [5, 5.41) is 9.26. The fourth-order valence-corrected chi connectivity index (χ4v) is 2.07. The van der Waals surface area contributed by atoms with Crippen molar-refractivity contribution in [3.05, 3.63) is 28.0 Å². The molecular weight excluding hydrogens is 202 g/mol. The molecule has 1 heterocycles. The molecule has 0 saturated heterocycles. The smallest absolute Gasteiger partial charge is 0.336 e. The first-order valence-corrected chi connectivity index (χ1v) is 4.98. The highest BCUT2D eigenvalue weighted by Gasteiger charge is 2.19. The molecule has 0 unspecified atom stereocenters. The molecule has 4 heteroatoms. The van der Waals surface area contributed by atoms with Gasteiger partial charge in [0.2, 0.25) is 0 Å². The molecule has 2 rings (SSSR count). The van der Waals surface area contributed by atoms with Gasteiger partial charge in [0, 0.05) is 5.69 Å². The summed E-state index contributed by atoms with van der Waals surface area (Å²) in [7, 11) is 0. The number of nitrogens with zero attached hydrogens (tertiary/aromatic N) is 1. The predicted octanol–water partition coefficient (Wildman–Crippen LogP) is 2.31. The highest BCUT2D eigenvalue weighted by atomic mass is 35.5. The molecule has 0 amide bonds. The summed E-state index contributed by atoms with van der Waals surface area (Å²) < 4.78 is 0. The van der Waals surface area contributed by atoms with Crippen molar-refractivity contribution in [3.63, 3.8) is 0 Å². The Morgan fingerprint density at radius 2 is 2.14 bits per heavy atom. The molecule has 0 bridgehead atoms. The number of aromatic nitrogens is 1. The summed E-state index contributed by atoms with van der Waals surface area (Å²) in [4.78, 5) is 15.1. The first-order valence-electron chi connectivity index (χ1n) is 4.60. The zero-order valence-electron chi connectivity index (χ0n) is 7.59. The molecule has 1 aromatic heterocycles. The van der Waals surface area contributed by atoms with Crippen LogP contribution in [0.4, 0.5) is 0 Å². The molecule has 74 valence electrons. The van der Waals surface area contributed by atoms with E-state index in [1.54, 1.807) is 0 Å². The average Bonchev–Trinajstić information content (AvgIpc) is 2.16. The van der Waals surface area contributed by atoms with Gasteiger partial charge in [0.1, 0.15) is 5.15 Å². The van der Waals surface area contributed by atoms with Crippen LogP contribution in [0.2, 0.25) is 5.15 Å². The third-order valence-corrected chi connectivity index (χ3v) is 2.69. The van der Waals surface area contributed by atoms with E-state index in [4.69, 9.17) is 16.7 Å². The number of aromatic carboxylic acids is 1. The van der Waals surface area contributed by atoms with Crippen molar-refractivity contribution in [3.8, 4) is 0 Å². The van der Waals surface area contributed by atoms with E-state index in [1.165, 1.54) is 6.07 Å². The highest BCUT2D eigenvalue weighted by Crippen LogP contribution is 2.25. The van der Waals surface area contributed by atoms with Crippen molar-refractivity contribution in [1.82, 2.24) is 4.98 Å². The lowest BCUT2D eigenvalue weighted by Gasteiger charge is -2.16. The maximum absolute atomic E-state index is 10.9. The van der Waals surface area contributed by atoms with Crippen molar-refractivity contribution in [1.29, 1.82) is 0 Å². The van der Waals surface area contributed by atoms with Crippen LogP contribution < -0.4 is 0 Å². The number of carbonyl (C=O) groups is 1. The topological polar surface area (TPSA) is 50.2 Å². The van der Waals surface area contributed by atoms with Crippen molar-refractivity contribution in [2.45, 2.75) is 25.7 Å². The minimum absolute atomic E-state index is 0.281. The van der Waals surface area contributed by atoms with Gasteiger partial charge in [-0.05, 0) is 37.3 Å². The van der Waals surface area contributed by atoms with E-state index in [2.05, 4.69) is 4.98 Å². The van der Waals surface area contributed by atoms with Crippen LogP contribution in [0.1, 0.15) is 34.5 Å². The van der Waals surface area contributed by atoms with Gasteiger partial charge in [-0.25, -0.2) is 9.78 Å². The van der Waals surface area contributed by atoms with Crippen molar-refractivity contribution in [2.24, 2.45) is 0 Å². The number of hydrogen-bond acceptors (Lipinski definition) is 2. The predicted molar refractivity (Wildman–Crippen MR) is 52.8 cm³/mol. The first kappa shape index (κ1) is 9.46. The number of halogens is 1. The van der Waals surface area contributed by atoms with Crippen molar-refractivity contribution < 1.29 is 9.90 Å². The fourth-order valence-electron chi connectivity index (χ4n) is 1.86. The SMILES string of the molecule is O=C(O)c1cc(Cl)nc2c1CCCC2. The van der Waals surface area contributed by atoms with E-state index in [1.807, 2.05) is 0 Å². The summed E-state index contributed by atoms with van der Waals surface area (Å²) in [6, 6.07) is 1.44. The van der Waals surface area contributed by atoms with Gasteiger partial charge in [-0.3, -0.25) is 0 Å². The molecule has 0 radical (unpaired) electrons. The number of carboxylic acid groups (broad SMARTS) is 1. The second kappa shape index (κ2) is 3.58. The van der Waals surface area contributed by atoms with Gasteiger partial charge in [-0.1, -0.05) is 11.6 Å². The van der Waals surface area contributed by atoms with Gasteiger partial charge in [-0.15, -0.1) is 0 Å². The number of aryl methyl sites for hydroxylation is 1. The van der Waals surface area contributed by atoms with E-state index in [9.17, 15) is 4.79 Å². The zero-order chi connectivity index (χ0) is 10.1. The van der Waals surface area contributed by atoms with Crippen LogP contribution in [0.3, 0.4) is 0 Å². The number of carboxylic acids is 1. The van der Waals surface area contributed by atoms with E-state index in [0.29, 0.717) is 5.56 Å². The van der Waals surface area contributed by atoms with Crippen LogP contribution in [0.25, 0.3) is 0 Å². The second-order valence-corrected chi connectivity index (χ2v) is 3.82. The Bertz CT molecular complexity index is 390. The molecular formula is C10H10ClNO2. The Morgan fingerprint density at radius 1 is 1.43 bits per heavy atom. The Kier molecular flexibility index (Phi) is 2.42. The molecule has 0 aromatic carbocycles. The molecule has 1 aliphatic carbocycles. The van der Waals surface area contributed by atoms with Crippen LogP contribution in [-0.2, 0) is 12.8 Å². The Hall–Kier alpha value is -1.09. The van der Waals surface area contributed by atoms with Crippen LogP contribution in [-0.4, -0.2) is 16.1 Å². The Morgan fingerprint density at radius 3 is 2.86 bits per heavy atom. The van der Waals surface area contributed by atoms with E-state index in [0.717, 1.165) is 36.9 Å². The lowest BCUT2D eigenvalue weighted by molar-refractivity contribution is 0.0695. The maximum atomic E-state index is 10.9. The lowest BCUT2D eigenvalue weighted by Crippen LogP contribution is -2.12. The number of pyridine rings is 1. The van der Waals surface area contributed by atoms with Crippen LogP contribution in [0.15, 0.2) is 6.07 Å². The third-order valence-electron chi connectivity index (χ3n) is 2.50. The Balaban J connectivity index is 2.58. The quantitative estimate of drug-likeness (QED) is 0.726. The summed E-state index contributed by atoms with van der Waals surface area (Å²) >= 11 is 5.75. The normalized spacial score (nSPS) is 14.9. The Labute approximate surface area is 86.7 Å². The molecule has 1 N–H and O–H groups in total. The fraction of sp³-hybridized carbons (Fsp3) is 0.400. The molecule has 0 aliphatic heterocycles. The number of fused-ring (bicyclic) bond motifs is 1. The monoisotopic (exact) mass is 211 g/mol. The zero-order valence-corrected chi connectivity index (χ0v) is 8.34. The largest absolute Gasteiger partial charge is 0.478 e. The summed E-state index contributed by atoms with van der Waals surface area (Å²) in [5.41, 5.74) is 2.05. The van der Waals surface area contributed by atoms with Gasteiger partial charge >= 0.3 is 5.97 Å². The van der Waals surface area contributed by atoms with Crippen LogP contribution >= 0.6 is 11.6 Å². The molecule has 1 aliphatic rings. The van der Waals surface area contributed by atoms with Gasteiger partial charge in [-0.2, -0.15) is 0 Å². The van der Waals surface area contributed by atoms with Crippen molar-refractivity contribution in [2.75, 3.05) is 0 Å². The first-order chi connectivity index (χ1) is 6.68. The van der Waals surface area contributed by atoms with Gasteiger partial charge < -0.3 is 5.11 Å². The minimum Gasteiger partial charge on any atom is -0.478 e. The molecule has 0 fully saturated rings. The minimum atomic E-state index is -0.910. The van der Waals surface area contributed by atoms with Crippen LogP contribution in [0, 0.1) is 0 Å². The molecule has 0 spiro atoms. The average molecular weight is 212 g/mol. The standard InChI is InChI=1S/C10H10ClNO2/c11-9-5-7(10(13)14)6-3-1-2-4-8(6)12-9/h5H,1-4H2,(H,13,14). The molecule has 3 nitrogen and oxygen atoms in total. The second-order valence-electron chi connectivity index (χ2n) is 3.43. The lowest BCUT2D eigenvalue weighted by atomic mass is 9.92. The molecule has 0 atom stereocenters. The summed E-state index contributed by atoms with van der Waals surface area (Å²) in [5.74, 6) is -0.910. The molecule has 14 heavy (non-hydrogen) atoms. The number of rotatable bonds is 1. The van der Waals surface area contributed by atoms with Crippen molar-refractivity contribution >= 4 is 17.6 Å². The van der Waals surface area contributed by atoms with E-state index in [-0.39, 0.29) is 5.15 Å². The number of hydrogen-bond donors (Lipinski definition) is 1. The maximum Gasteiger partial charge on any atom is 0.336 e. The highest BCUT2D eigenvalue weighted by molar-refractivity contribution is 6.29. The van der Waals surface area contributed by atoms with Gasteiger partial charge in [0.05, 0.1) is 5.56 Å². The van der Waals surface area contributed by atoms with Gasteiger partial charge in [0.15, 0.2) is 0 Å². The molecule has 0 saturated carbocycles. The summed E-state index contributed by atoms with van der Waals surface area (Å²) in [6.07, 6.45) is 3.76. The summed E-state index contributed by atoms with van der Waals surface area (Å²) in [6.45, 7) is 0. The molecule has 1 aromatic rings.